The lowest BCUT2D eigenvalue weighted by Gasteiger charge is -2.23. The van der Waals surface area contributed by atoms with Gasteiger partial charge in [-0.15, -0.1) is 0 Å². The molecule has 4 aromatic rings. The minimum Gasteiger partial charge on any atom is -0.481 e. The SMILES string of the molecule is CC(Oc1ccccc1)C(=O)Nc1cccc(-c2nn(C3CCCCO3)c3ccc(C#N)cc23)c1. The fraction of sp³-hybridized carbons (Fsp3) is 0.250. The second-order valence-corrected chi connectivity index (χ2v) is 8.60. The van der Waals surface area contributed by atoms with E-state index in [4.69, 9.17) is 14.6 Å². The summed E-state index contributed by atoms with van der Waals surface area (Å²) in [4.78, 5) is 12.8. The van der Waals surface area contributed by atoms with Crippen molar-refractivity contribution in [3.8, 4) is 23.1 Å². The Hall–Kier alpha value is -4.15. The Morgan fingerprint density at radius 2 is 2.00 bits per heavy atom. The standard InChI is InChI=1S/C28H26N4O3/c1-19(35-23-10-3-2-4-11-23)28(33)30-22-9-7-8-21(17-22)27-24-16-20(18-29)13-14-25(24)32(31-27)26-12-5-6-15-34-26/h2-4,7-11,13-14,16-17,19,26H,5-6,12,15H2,1H3,(H,30,33). The van der Waals surface area contributed by atoms with Gasteiger partial charge in [0.2, 0.25) is 0 Å². The van der Waals surface area contributed by atoms with Crippen molar-refractivity contribution in [3.05, 3.63) is 78.4 Å². The number of rotatable bonds is 6. The lowest BCUT2D eigenvalue weighted by molar-refractivity contribution is -0.122. The van der Waals surface area contributed by atoms with E-state index in [1.165, 1.54) is 0 Å². The molecule has 2 unspecified atom stereocenters. The summed E-state index contributed by atoms with van der Waals surface area (Å²) in [7, 11) is 0. The first-order valence-electron chi connectivity index (χ1n) is 11.8. The van der Waals surface area contributed by atoms with E-state index in [-0.39, 0.29) is 12.1 Å². The molecule has 1 aliphatic rings. The molecular weight excluding hydrogens is 440 g/mol. The molecule has 1 aromatic heterocycles. The average molecular weight is 467 g/mol. The highest BCUT2D eigenvalue weighted by Crippen LogP contribution is 2.34. The first-order valence-corrected chi connectivity index (χ1v) is 11.8. The van der Waals surface area contributed by atoms with Crippen LogP contribution in [0.25, 0.3) is 22.2 Å². The van der Waals surface area contributed by atoms with Crippen LogP contribution in [0.5, 0.6) is 5.75 Å². The van der Waals surface area contributed by atoms with Crippen LogP contribution >= 0.6 is 0 Å². The van der Waals surface area contributed by atoms with Crippen molar-refractivity contribution in [2.45, 2.75) is 38.5 Å². The van der Waals surface area contributed by atoms with Crippen LogP contribution in [0.1, 0.15) is 38.0 Å². The lowest BCUT2D eigenvalue weighted by atomic mass is 10.1. The van der Waals surface area contributed by atoms with Crippen molar-refractivity contribution in [2.24, 2.45) is 0 Å². The molecule has 0 bridgehead atoms. The number of nitrogens with one attached hydrogen (secondary N) is 1. The zero-order valence-corrected chi connectivity index (χ0v) is 19.5. The van der Waals surface area contributed by atoms with Gasteiger partial charge in [-0.05, 0) is 68.7 Å². The molecule has 0 saturated carbocycles. The van der Waals surface area contributed by atoms with Gasteiger partial charge in [0.15, 0.2) is 12.3 Å². The molecule has 5 rings (SSSR count). The van der Waals surface area contributed by atoms with Crippen LogP contribution in [-0.4, -0.2) is 28.4 Å². The second-order valence-electron chi connectivity index (χ2n) is 8.60. The van der Waals surface area contributed by atoms with Gasteiger partial charge in [-0.1, -0.05) is 30.3 Å². The van der Waals surface area contributed by atoms with Gasteiger partial charge in [0.05, 0.1) is 17.1 Å². The fourth-order valence-electron chi connectivity index (χ4n) is 4.30. The van der Waals surface area contributed by atoms with Crippen LogP contribution in [0, 0.1) is 11.3 Å². The average Bonchev–Trinajstić information content (AvgIpc) is 3.29. The topological polar surface area (TPSA) is 89.2 Å². The summed E-state index contributed by atoms with van der Waals surface area (Å²) in [5.74, 6) is 0.392. The molecule has 1 saturated heterocycles. The molecule has 35 heavy (non-hydrogen) atoms. The predicted octanol–water partition coefficient (Wildman–Crippen LogP) is 5.68. The van der Waals surface area contributed by atoms with E-state index in [1.807, 2.05) is 71.4 Å². The van der Waals surface area contributed by atoms with Crippen LogP contribution in [0.15, 0.2) is 72.8 Å². The number of amides is 1. The number of nitrogens with zero attached hydrogens (tertiary/aromatic N) is 3. The summed E-state index contributed by atoms with van der Waals surface area (Å²) in [5, 5.41) is 18.2. The van der Waals surface area contributed by atoms with Gasteiger partial charge in [0, 0.05) is 23.2 Å². The first kappa shape index (κ1) is 22.6. The first-order chi connectivity index (χ1) is 17.1. The second kappa shape index (κ2) is 10.00. The summed E-state index contributed by atoms with van der Waals surface area (Å²) in [6.45, 7) is 2.43. The van der Waals surface area contributed by atoms with Crippen LogP contribution in [0.3, 0.4) is 0 Å². The molecule has 7 nitrogen and oxygen atoms in total. The quantitative estimate of drug-likeness (QED) is 0.395. The van der Waals surface area contributed by atoms with Gasteiger partial charge in [-0.25, -0.2) is 4.68 Å². The Bertz CT molecular complexity index is 1380. The number of hydrogen-bond donors (Lipinski definition) is 1. The van der Waals surface area contributed by atoms with E-state index in [0.29, 0.717) is 23.6 Å². The molecule has 1 N–H and O–H groups in total. The molecule has 0 aliphatic carbocycles. The monoisotopic (exact) mass is 466 g/mol. The molecule has 3 aromatic carbocycles. The number of nitriles is 1. The lowest BCUT2D eigenvalue weighted by Crippen LogP contribution is -2.30. The number of anilines is 1. The van der Waals surface area contributed by atoms with Crippen molar-refractivity contribution in [1.82, 2.24) is 9.78 Å². The number of aromatic nitrogens is 2. The minimum atomic E-state index is -0.664. The Kier molecular flexibility index (Phi) is 6.47. The number of para-hydroxylation sites is 1. The van der Waals surface area contributed by atoms with Crippen molar-refractivity contribution >= 4 is 22.5 Å². The van der Waals surface area contributed by atoms with Crippen LogP contribution in [-0.2, 0) is 9.53 Å². The number of carbonyl (C=O) groups is 1. The molecule has 1 amide bonds. The van der Waals surface area contributed by atoms with Crippen molar-refractivity contribution in [1.29, 1.82) is 5.26 Å². The molecule has 2 atom stereocenters. The third kappa shape index (κ3) is 4.88. The van der Waals surface area contributed by atoms with Crippen LogP contribution in [0.2, 0.25) is 0 Å². The van der Waals surface area contributed by atoms with Gasteiger partial charge in [-0.2, -0.15) is 10.4 Å². The number of hydrogen-bond acceptors (Lipinski definition) is 5. The largest absolute Gasteiger partial charge is 0.481 e. The number of benzene rings is 3. The summed E-state index contributed by atoms with van der Waals surface area (Å²) in [6.07, 6.45) is 2.23. The van der Waals surface area contributed by atoms with Crippen molar-refractivity contribution in [3.63, 3.8) is 0 Å². The van der Waals surface area contributed by atoms with Crippen LogP contribution in [0.4, 0.5) is 5.69 Å². The van der Waals surface area contributed by atoms with E-state index in [1.54, 1.807) is 13.0 Å². The zero-order chi connectivity index (χ0) is 24.2. The highest BCUT2D eigenvalue weighted by molar-refractivity contribution is 5.97. The summed E-state index contributed by atoms with van der Waals surface area (Å²) in [5.41, 5.74) is 3.72. The third-order valence-electron chi connectivity index (χ3n) is 6.09. The van der Waals surface area contributed by atoms with Gasteiger partial charge < -0.3 is 14.8 Å². The molecule has 7 heteroatoms. The number of ether oxygens (including phenoxy) is 2. The van der Waals surface area contributed by atoms with Crippen molar-refractivity contribution in [2.75, 3.05) is 11.9 Å². The van der Waals surface area contributed by atoms with E-state index in [2.05, 4.69) is 11.4 Å². The van der Waals surface area contributed by atoms with E-state index in [0.717, 1.165) is 41.4 Å². The highest BCUT2D eigenvalue weighted by atomic mass is 16.5. The van der Waals surface area contributed by atoms with Gasteiger partial charge in [0.1, 0.15) is 11.4 Å². The minimum absolute atomic E-state index is 0.133. The highest BCUT2D eigenvalue weighted by Gasteiger charge is 2.22. The van der Waals surface area contributed by atoms with Gasteiger partial charge in [0.25, 0.3) is 5.91 Å². The Morgan fingerprint density at radius 1 is 1.14 bits per heavy atom. The smallest absolute Gasteiger partial charge is 0.265 e. The molecule has 176 valence electrons. The Labute approximate surface area is 203 Å². The van der Waals surface area contributed by atoms with E-state index < -0.39 is 6.10 Å². The fourth-order valence-corrected chi connectivity index (χ4v) is 4.30. The number of carbonyl (C=O) groups excluding carboxylic acids is 1. The predicted molar refractivity (Wildman–Crippen MR) is 134 cm³/mol. The molecule has 2 heterocycles. The third-order valence-corrected chi connectivity index (χ3v) is 6.09. The summed E-state index contributed by atoms with van der Waals surface area (Å²) in [6, 6.07) is 24.6. The Morgan fingerprint density at radius 3 is 2.77 bits per heavy atom. The van der Waals surface area contributed by atoms with Crippen molar-refractivity contribution < 1.29 is 14.3 Å². The molecular formula is C28H26N4O3. The molecule has 1 fully saturated rings. The maximum Gasteiger partial charge on any atom is 0.265 e. The zero-order valence-electron chi connectivity index (χ0n) is 19.5. The maximum atomic E-state index is 12.8. The molecule has 0 radical (unpaired) electrons. The normalized spacial score (nSPS) is 16.4. The summed E-state index contributed by atoms with van der Waals surface area (Å²) < 4.78 is 13.7. The van der Waals surface area contributed by atoms with E-state index >= 15 is 0 Å². The number of fused-ring (bicyclic) bond motifs is 1. The molecule has 1 aliphatic heterocycles. The summed E-state index contributed by atoms with van der Waals surface area (Å²) >= 11 is 0. The van der Waals surface area contributed by atoms with E-state index in [9.17, 15) is 10.1 Å². The maximum absolute atomic E-state index is 12.8. The van der Waals surface area contributed by atoms with Gasteiger partial charge >= 0.3 is 0 Å². The van der Waals surface area contributed by atoms with Gasteiger partial charge in [-0.3, -0.25) is 4.79 Å². The Balaban J connectivity index is 1.44. The van der Waals surface area contributed by atoms with Crippen LogP contribution < -0.4 is 10.1 Å². The molecule has 0 spiro atoms.